The fourth-order valence-corrected chi connectivity index (χ4v) is 1.81. The summed E-state index contributed by atoms with van der Waals surface area (Å²) in [6, 6.07) is 7.28. The van der Waals surface area contributed by atoms with Crippen molar-refractivity contribution in [1.29, 1.82) is 5.26 Å². The van der Waals surface area contributed by atoms with Crippen molar-refractivity contribution in [2.45, 2.75) is 6.54 Å². The van der Waals surface area contributed by atoms with Crippen molar-refractivity contribution < 1.29 is 19.0 Å². The number of methoxy groups -OCH3 is 1. The molecule has 7 nitrogen and oxygen atoms in total. The van der Waals surface area contributed by atoms with Crippen LogP contribution in [0.5, 0.6) is 11.5 Å². The Kier molecular flexibility index (Phi) is 5.63. The molecule has 0 saturated heterocycles. The molecule has 1 heterocycles. The minimum Gasteiger partial charge on any atom is -0.454 e. The van der Waals surface area contributed by atoms with Crippen LogP contribution in [0.15, 0.2) is 30.0 Å². The Balaban J connectivity index is 1.87. The van der Waals surface area contributed by atoms with Crippen LogP contribution in [0.1, 0.15) is 5.56 Å². The van der Waals surface area contributed by atoms with E-state index >= 15 is 0 Å². The molecule has 0 aliphatic carbocycles. The first-order chi connectivity index (χ1) is 10.7. The van der Waals surface area contributed by atoms with Crippen molar-refractivity contribution >= 4 is 5.91 Å². The Bertz CT molecular complexity index is 607. The van der Waals surface area contributed by atoms with Gasteiger partial charge >= 0.3 is 0 Å². The van der Waals surface area contributed by atoms with E-state index in [0.29, 0.717) is 31.2 Å². The molecule has 1 aliphatic heterocycles. The molecule has 7 heteroatoms. The minimum absolute atomic E-state index is 0.0110. The van der Waals surface area contributed by atoms with E-state index in [-0.39, 0.29) is 12.4 Å². The standard InChI is InChI=1S/C15H17N3O4/c1-20-5-4-17-9-12(7-16)15(19)18-8-11-2-3-13-14(6-11)22-10-21-13/h2-3,6,9,17H,4-5,8,10H2,1H3,(H,18,19)/b12-9-. The highest BCUT2D eigenvalue weighted by atomic mass is 16.7. The molecule has 1 aromatic carbocycles. The van der Waals surface area contributed by atoms with Crippen LogP contribution < -0.4 is 20.1 Å². The summed E-state index contributed by atoms with van der Waals surface area (Å²) in [7, 11) is 1.58. The van der Waals surface area contributed by atoms with E-state index in [0.717, 1.165) is 5.56 Å². The van der Waals surface area contributed by atoms with Crippen LogP contribution in [-0.4, -0.2) is 33.0 Å². The Labute approximate surface area is 128 Å². The van der Waals surface area contributed by atoms with Crippen LogP contribution in [-0.2, 0) is 16.1 Å². The number of hydrogen-bond donors (Lipinski definition) is 2. The Morgan fingerprint density at radius 2 is 2.27 bits per heavy atom. The van der Waals surface area contributed by atoms with Crippen LogP contribution in [0.2, 0.25) is 0 Å². The molecule has 0 radical (unpaired) electrons. The summed E-state index contributed by atoms with van der Waals surface area (Å²) < 4.78 is 15.4. The number of rotatable bonds is 7. The largest absolute Gasteiger partial charge is 0.454 e. The summed E-state index contributed by atoms with van der Waals surface area (Å²) in [6.07, 6.45) is 1.38. The summed E-state index contributed by atoms with van der Waals surface area (Å²) in [4.78, 5) is 11.9. The van der Waals surface area contributed by atoms with E-state index < -0.39 is 5.91 Å². The predicted molar refractivity (Wildman–Crippen MR) is 78.0 cm³/mol. The van der Waals surface area contributed by atoms with Crippen molar-refractivity contribution in [2.24, 2.45) is 0 Å². The molecule has 0 fully saturated rings. The van der Waals surface area contributed by atoms with E-state index in [9.17, 15) is 4.79 Å². The van der Waals surface area contributed by atoms with Crippen LogP contribution in [0.4, 0.5) is 0 Å². The molecule has 0 aromatic heterocycles. The molecule has 2 N–H and O–H groups in total. The lowest BCUT2D eigenvalue weighted by atomic mass is 10.2. The SMILES string of the molecule is COCCN/C=C(/C#N)C(=O)NCc1ccc2c(c1)OCO2. The first-order valence-electron chi connectivity index (χ1n) is 6.74. The summed E-state index contributed by atoms with van der Waals surface area (Å²) in [5, 5.41) is 14.5. The fraction of sp³-hybridized carbons (Fsp3) is 0.333. The number of benzene rings is 1. The van der Waals surface area contributed by atoms with Crippen LogP contribution in [0, 0.1) is 11.3 Å². The van der Waals surface area contributed by atoms with E-state index in [2.05, 4.69) is 10.6 Å². The number of nitrogens with one attached hydrogen (secondary N) is 2. The molecule has 0 saturated carbocycles. The third-order valence-corrected chi connectivity index (χ3v) is 2.95. The zero-order valence-electron chi connectivity index (χ0n) is 12.2. The molecule has 0 atom stereocenters. The predicted octanol–water partition coefficient (Wildman–Crippen LogP) is 0.675. The number of nitrogens with zero attached hydrogens (tertiary/aromatic N) is 1. The second kappa shape index (κ2) is 7.90. The molecule has 1 aromatic rings. The van der Waals surface area contributed by atoms with Gasteiger partial charge in [0, 0.05) is 26.4 Å². The number of fused-ring (bicyclic) bond motifs is 1. The number of nitriles is 1. The zero-order chi connectivity index (χ0) is 15.8. The maximum Gasteiger partial charge on any atom is 0.263 e. The quantitative estimate of drug-likeness (QED) is 0.437. The second-order valence-corrected chi connectivity index (χ2v) is 4.49. The van der Waals surface area contributed by atoms with Crippen molar-refractivity contribution in [2.75, 3.05) is 27.1 Å². The number of hydrogen-bond acceptors (Lipinski definition) is 6. The highest BCUT2D eigenvalue weighted by Crippen LogP contribution is 2.32. The lowest BCUT2D eigenvalue weighted by molar-refractivity contribution is -0.117. The highest BCUT2D eigenvalue weighted by Gasteiger charge is 2.14. The molecule has 1 aliphatic rings. The van der Waals surface area contributed by atoms with E-state index in [4.69, 9.17) is 19.5 Å². The van der Waals surface area contributed by atoms with Gasteiger partial charge in [-0.1, -0.05) is 6.07 Å². The Hall–Kier alpha value is -2.72. The van der Waals surface area contributed by atoms with Crippen molar-refractivity contribution in [3.63, 3.8) is 0 Å². The normalized spacial score (nSPS) is 12.6. The van der Waals surface area contributed by atoms with Gasteiger partial charge in [0.2, 0.25) is 6.79 Å². The molecule has 22 heavy (non-hydrogen) atoms. The Morgan fingerprint density at radius 3 is 3.05 bits per heavy atom. The first-order valence-corrected chi connectivity index (χ1v) is 6.74. The molecule has 0 bridgehead atoms. The summed E-state index contributed by atoms with van der Waals surface area (Å²) in [5.74, 6) is 0.907. The topological polar surface area (TPSA) is 92.6 Å². The fourth-order valence-electron chi connectivity index (χ4n) is 1.81. The maximum absolute atomic E-state index is 11.9. The smallest absolute Gasteiger partial charge is 0.263 e. The van der Waals surface area contributed by atoms with Crippen LogP contribution >= 0.6 is 0 Å². The highest BCUT2D eigenvalue weighted by molar-refractivity contribution is 5.97. The lowest BCUT2D eigenvalue weighted by Crippen LogP contribution is -2.25. The van der Waals surface area contributed by atoms with Crippen LogP contribution in [0.3, 0.4) is 0 Å². The first kappa shape index (κ1) is 15.7. The minimum atomic E-state index is -0.440. The summed E-state index contributed by atoms with van der Waals surface area (Å²) in [5.41, 5.74) is 0.874. The van der Waals surface area contributed by atoms with Crippen molar-refractivity contribution in [1.82, 2.24) is 10.6 Å². The third-order valence-electron chi connectivity index (χ3n) is 2.95. The van der Waals surface area contributed by atoms with Gasteiger partial charge in [0.05, 0.1) is 6.61 Å². The molecular formula is C15H17N3O4. The van der Waals surface area contributed by atoms with Gasteiger partial charge in [-0.15, -0.1) is 0 Å². The zero-order valence-corrected chi connectivity index (χ0v) is 12.2. The van der Waals surface area contributed by atoms with E-state index in [1.54, 1.807) is 19.2 Å². The average molecular weight is 303 g/mol. The molecule has 0 unspecified atom stereocenters. The molecule has 2 rings (SSSR count). The number of carbonyl (C=O) groups is 1. The maximum atomic E-state index is 11.9. The van der Waals surface area contributed by atoms with Crippen molar-refractivity contribution in [3.05, 3.63) is 35.5 Å². The number of ether oxygens (including phenoxy) is 3. The molecule has 1 amide bonds. The van der Waals surface area contributed by atoms with Gasteiger partial charge in [-0.05, 0) is 17.7 Å². The van der Waals surface area contributed by atoms with Gasteiger partial charge in [-0.2, -0.15) is 5.26 Å². The van der Waals surface area contributed by atoms with Gasteiger partial charge in [0.15, 0.2) is 11.5 Å². The molecular weight excluding hydrogens is 286 g/mol. The van der Waals surface area contributed by atoms with Gasteiger partial charge in [0.25, 0.3) is 5.91 Å². The van der Waals surface area contributed by atoms with Crippen LogP contribution in [0.25, 0.3) is 0 Å². The third kappa shape index (κ3) is 4.14. The average Bonchev–Trinajstić information content (AvgIpc) is 3.00. The summed E-state index contributed by atoms with van der Waals surface area (Å²) in [6.45, 7) is 1.53. The Morgan fingerprint density at radius 1 is 1.45 bits per heavy atom. The van der Waals surface area contributed by atoms with Crippen molar-refractivity contribution in [3.8, 4) is 17.6 Å². The van der Waals surface area contributed by atoms with Gasteiger partial charge < -0.3 is 24.8 Å². The van der Waals surface area contributed by atoms with Gasteiger partial charge in [-0.25, -0.2) is 0 Å². The molecule has 116 valence electrons. The van der Waals surface area contributed by atoms with Gasteiger partial charge in [-0.3, -0.25) is 4.79 Å². The number of carbonyl (C=O) groups excluding carboxylic acids is 1. The summed E-state index contributed by atoms with van der Waals surface area (Å²) >= 11 is 0. The van der Waals surface area contributed by atoms with E-state index in [1.807, 2.05) is 12.1 Å². The van der Waals surface area contributed by atoms with Gasteiger partial charge in [0.1, 0.15) is 11.6 Å². The second-order valence-electron chi connectivity index (χ2n) is 4.49. The molecule has 0 spiro atoms. The van der Waals surface area contributed by atoms with E-state index in [1.165, 1.54) is 6.20 Å². The number of amides is 1. The lowest BCUT2D eigenvalue weighted by Gasteiger charge is -2.06. The monoisotopic (exact) mass is 303 g/mol.